The van der Waals surface area contributed by atoms with Gasteiger partial charge in [-0.3, -0.25) is 4.99 Å². The highest BCUT2D eigenvalue weighted by Gasteiger charge is 2.04. The zero-order valence-electron chi connectivity index (χ0n) is 11.2. The van der Waals surface area contributed by atoms with Crippen LogP contribution in [0.15, 0.2) is 23.2 Å². The number of ether oxygens (including phenoxy) is 1. The molecule has 0 aromatic heterocycles. The summed E-state index contributed by atoms with van der Waals surface area (Å²) in [6, 6.07) is 3.36. The smallest absolute Gasteiger partial charge is 0.191 e. The van der Waals surface area contributed by atoms with Gasteiger partial charge in [0, 0.05) is 32.3 Å². The lowest BCUT2D eigenvalue weighted by atomic mass is 10.2. The molecule has 0 heterocycles. The topological polar surface area (TPSA) is 45.6 Å². The van der Waals surface area contributed by atoms with Gasteiger partial charge in [0.25, 0.3) is 0 Å². The van der Waals surface area contributed by atoms with Gasteiger partial charge in [-0.1, -0.05) is 0 Å². The highest BCUT2D eigenvalue weighted by Crippen LogP contribution is 2.08. The normalized spacial score (nSPS) is 11.5. The van der Waals surface area contributed by atoms with Crippen LogP contribution in [0.5, 0.6) is 0 Å². The molecule has 0 spiro atoms. The van der Waals surface area contributed by atoms with Crippen molar-refractivity contribution in [2.24, 2.45) is 4.99 Å². The molecule has 1 aromatic carbocycles. The number of nitrogens with one attached hydrogen (secondary N) is 2. The number of benzene rings is 1. The first-order valence-corrected chi connectivity index (χ1v) is 6.13. The molecule has 0 atom stereocenters. The van der Waals surface area contributed by atoms with E-state index in [1.165, 1.54) is 0 Å². The lowest BCUT2D eigenvalue weighted by molar-refractivity contribution is 0.152. The minimum Gasteiger partial charge on any atom is -0.380 e. The Kier molecular flexibility index (Phi) is 6.81. The van der Waals surface area contributed by atoms with Crippen LogP contribution in [-0.4, -0.2) is 32.8 Å². The van der Waals surface area contributed by atoms with Crippen LogP contribution in [0.25, 0.3) is 0 Å². The Morgan fingerprint density at radius 2 is 2.11 bits per heavy atom. The van der Waals surface area contributed by atoms with Crippen LogP contribution in [0.3, 0.4) is 0 Å². The quantitative estimate of drug-likeness (QED) is 0.470. The summed E-state index contributed by atoms with van der Waals surface area (Å²) in [5.74, 6) is -0.389. The summed E-state index contributed by atoms with van der Waals surface area (Å²) >= 11 is 0. The van der Waals surface area contributed by atoms with E-state index in [9.17, 15) is 8.78 Å². The predicted molar refractivity (Wildman–Crippen MR) is 71.1 cm³/mol. The molecule has 6 heteroatoms. The lowest BCUT2D eigenvalue weighted by Crippen LogP contribution is -2.38. The molecule has 0 radical (unpaired) electrons. The fourth-order valence-electron chi connectivity index (χ4n) is 1.46. The van der Waals surface area contributed by atoms with Gasteiger partial charge < -0.3 is 15.4 Å². The summed E-state index contributed by atoms with van der Waals surface area (Å²) in [6.07, 6.45) is 0. The number of hydrogen-bond donors (Lipinski definition) is 2. The Hall–Kier alpha value is -1.69. The van der Waals surface area contributed by atoms with Crippen molar-refractivity contribution < 1.29 is 13.5 Å². The largest absolute Gasteiger partial charge is 0.380 e. The fraction of sp³-hybridized carbons (Fsp3) is 0.462. The van der Waals surface area contributed by atoms with Gasteiger partial charge in [-0.15, -0.1) is 0 Å². The maximum atomic E-state index is 13.4. The molecule has 106 valence electrons. The Balaban J connectivity index is 2.42. The zero-order chi connectivity index (χ0) is 14.1. The van der Waals surface area contributed by atoms with Crippen LogP contribution < -0.4 is 10.6 Å². The van der Waals surface area contributed by atoms with Crippen molar-refractivity contribution in [3.05, 3.63) is 35.4 Å². The third-order valence-corrected chi connectivity index (χ3v) is 2.42. The molecule has 0 saturated heterocycles. The predicted octanol–water partition coefficient (Wildman–Crippen LogP) is 1.67. The van der Waals surface area contributed by atoms with Gasteiger partial charge in [0.1, 0.15) is 11.6 Å². The van der Waals surface area contributed by atoms with E-state index in [1.54, 1.807) is 7.05 Å². The number of guanidine groups is 1. The average molecular weight is 271 g/mol. The van der Waals surface area contributed by atoms with E-state index < -0.39 is 11.6 Å². The molecular formula is C13H19F2N3O. The van der Waals surface area contributed by atoms with Gasteiger partial charge in [0.2, 0.25) is 0 Å². The van der Waals surface area contributed by atoms with Gasteiger partial charge in [0.05, 0.1) is 6.61 Å². The highest BCUT2D eigenvalue weighted by atomic mass is 19.1. The maximum Gasteiger partial charge on any atom is 0.191 e. The molecule has 1 aromatic rings. The molecule has 1 rings (SSSR count). The zero-order valence-corrected chi connectivity index (χ0v) is 11.2. The SMILES string of the molecule is CCOCCNC(=NC)NCc1cc(F)ccc1F. The molecule has 0 bridgehead atoms. The van der Waals surface area contributed by atoms with E-state index in [0.29, 0.717) is 25.7 Å². The number of hydrogen-bond acceptors (Lipinski definition) is 2. The van der Waals surface area contributed by atoms with E-state index in [2.05, 4.69) is 15.6 Å². The van der Waals surface area contributed by atoms with Crippen molar-refractivity contribution >= 4 is 5.96 Å². The van der Waals surface area contributed by atoms with E-state index in [-0.39, 0.29) is 12.1 Å². The first-order valence-electron chi connectivity index (χ1n) is 6.13. The molecule has 4 nitrogen and oxygen atoms in total. The van der Waals surface area contributed by atoms with Crippen LogP contribution in [0, 0.1) is 11.6 Å². The molecule has 0 aliphatic heterocycles. The van der Waals surface area contributed by atoms with Crippen LogP contribution >= 0.6 is 0 Å². The van der Waals surface area contributed by atoms with Gasteiger partial charge in [0.15, 0.2) is 5.96 Å². The minimum atomic E-state index is -0.461. The minimum absolute atomic E-state index is 0.165. The Labute approximate surface area is 111 Å². The Morgan fingerprint density at radius 3 is 2.79 bits per heavy atom. The fourth-order valence-corrected chi connectivity index (χ4v) is 1.46. The molecular weight excluding hydrogens is 252 g/mol. The molecule has 0 aliphatic rings. The summed E-state index contributed by atoms with van der Waals surface area (Å²) in [4.78, 5) is 3.98. The summed E-state index contributed by atoms with van der Waals surface area (Å²) in [5, 5.41) is 5.91. The van der Waals surface area contributed by atoms with Gasteiger partial charge in [-0.25, -0.2) is 8.78 Å². The standard InChI is InChI=1S/C13H19F2N3O/c1-3-19-7-6-17-13(16-2)18-9-10-8-11(14)4-5-12(10)15/h4-5,8H,3,6-7,9H2,1-2H3,(H2,16,17,18). The second-order valence-corrected chi connectivity index (χ2v) is 3.79. The summed E-state index contributed by atoms with van der Waals surface area (Å²) in [6.45, 7) is 3.89. The molecule has 0 unspecified atom stereocenters. The van der Waals surface area contributed by atoms with Crippen molar-refractivity contribution in [2.45, 2.75) is 13.5 Å². The van der Waals surface area contributed by atoms with Crippen molar-refractivity contribution in [1.82, 2.24) is 10.6 Å². The van der Waals surface area contributed by atoms with E-state index in [1.807, 2.05) is 6.92 Å². The number of halogens is 2. The highest BCUT2D eigenvalue weighted by molar-refractivity contribution is 5.79. The monoisotopic (exact) mass is 271 g/mol. The summed E-state index contributed by atoms with van der Waals surface area (Å²) < 4.78 is 31.5. The molecule has 19 heavy (non-hydrogen) atoms. The van der Waals surface area contributed by atoms with Crippen LogP contribution in [0.1, 0.15) is 12.5 Å². The first-order chi connectivity index (χ1) is 9.17. The van der Waals surface area contributed by atoms with Gasteiger partial charge >= 0.3 is 0 Å². The van der Waals surface area contributed by atoms with Crippen LogP contribution in [-0.2, 0) is 11.3 Å². The van der Waals surface area contributed by atoms with E-state index >= 15 is 0 Å². The van der Waals surface area contributed by atoms with Gasteiger partial charge in [-0.2, -0.15) is 0 Å². The van der Waals surface area contributed by atoms with E-state index in [0.717, 1.165) is 18.2 Å². The number of nitrogens with zero attached hydrogens (tertiary/aromatic N) is 1. The summed E-state index contributed by atoms with van der Waals surface area (Å²) in [5.41, 5.74) is 0.257. The number of aliphatic imine (C=N–C) groups is 1. The molecule has 0 fully saturated rings. The molecule has 0 amide bonds. The third-order valence-electron chi connectivity index (χ3n) is 2.42. The van der Waals surface area contributed by atoms with Crippen molar-refractivity contribution in [1.29, 1.82) is 0 Å². The average Bonchev–Trinajstić information content (AvgIpc) is 2.41. The number of rotatable bonds is 6. The van der Waals surface area contributed by atoms with Crippen LogP contribution in [0.4, 0.5) is 8.78 Å². The second kappa shape index (κ2) is 8.42. The molecule has 2 N–H and O–H groups in total. The van der Waals surface area contributed by atoms with Crippen LogP contribution in [0.2, 0.25) is 0 Å². The first kappa shape index (κ1) is 15.4. The third kappa shape index (κ3) is 5.65. The Morgan fingerprint density at radius 1 is 1.32 bits per heavy atom. The second-order valence-electron chi connectivity index (χ2n) is 3.79. The van der Waals surface area contributed by atoms with E-state index in [4.69, 9.17) is 4.74 Å². The maximum absolute atomic E-state index is 13.4. The van der Waals surface area contributed by atoms with Crippen molar-refractivity contribution in [2.75, 3.05) is 26.8 Å². The Bertz CT molecular complexity index is 424. The van der Waals surface area contributed by atoms with Crippen molar-refractivity contribution in [3.63, 3.8) is 0 Å². The lowest BCUT2D eigenvalue weighted by Gasteiger charge is -2.12. The summed E-state index contributed by atoms with van der Waals surface area (Å²) in [7, 11) is 1.61. The molecule has 0 saturated carbocycles. The van der Waals surface area contributed by atoms with Gasteiger partial charge in [-0.05, 0) is 25.1 Å². The molecule has 0 aliphatic carbocycles. The van der Waals surface area contributed by atoms with Crippen molar-refractivity contribution in [3.8, 4) is 0 Å².